The lowest BCUT2D eigenvalue weighted by molar-refractivity contribution is -0.139. The molecule has 2 aromatic carbocycles. The van der Waals surface area contributed by atoms with E-state index in [-0.39, 0.29) is 23.3 Å². The van der Waals surface area contributed by atoms with E-state index in [1.54, 1.807) is 47.2 Å². The maximum absolute atomic E-state index is 14.4. The Morgan fingerprint density at radius 3 is 2.34 bits per heavy atom. The van der Waals surface area contributed by atoms with Crippen molar-refractivity contribution in [2.45, 2.75) is 51.6 Å². The number of aliphatic carboxylic acids is 1. The lowest BCUT2D eigenvalue weighted by Crippen LogP contribution is -2.60. The molecule has 4 rings (SSSR count). The third-order valence-electron chi connectivity index (χ3n) is 7.93. The highest BCUT2D eigenvalue weighted by Crippen LogP contribution is 2.39. The second-order valence-electron chi connectivity index (χ2n) is 11.0. The highest BCUT2D eigenvalue weighted by atomic mass is 19.1. The molecule has 1 unspecified atom stereocenters. The molecule has 0 bridgehead atoms. The van der Waals surface area contributed by atoms with E-state index in [4.69, 9.17) is 9.84 Å². The normalized spacial score (nSPS) is 17.2. The van der Waals surface area contributed by atoms with E-state index >= 15 is 0 Å². The molecular formula is C30H37FN4O6. The van der Waals surface area contributed by atoms with Crippen LogP contribution in [0.25, 0.3) is 0 Å². The Labute approximate surface area is 239 Å². The number of halogens is 1. The highest BCUT2D eigenvalue weighted by Gasteiger charge is 2.53. The Morgan fingerprint density at radius 2 is 1.76 bits per heavy atom. The van der Waals surface area contributed by atoms with Gasteiger partial charge in [-0.05, 0) is 67.1 Å². The fourth-order valence-corrected chi connectivity index (χ4v) is 5.55. The number of hydrogen-bond acceptors (Lipinski definition) is 6. The summed E-state index contributed by atoms with van der Waals surface area (Å²) >= 11 is 0. The number of carboxylic acids is 1. The number of ether oxygens (including phenoxy) is 1. The Balaban J connectivity index is 1.47. The molecule has 2 aromatic rings. The van der Waals surface area contributed by atoms with Crippen molar-refractivity contribution in [3.63, 3.8) is 0 Å². The first-order valence-corrected chi connectivity index (χ1v) is 13.8. The van der Waals surface area contributed by atoms with Gasteiger partial charge in [-0.1, -0.05) is 26.8 Å². The molecule has 10 nitrogen and oxygen atoms in total. The van der Waals surface area contributed by atoms with Gasteiger partial charge in [0.15, 0.2) is 6.61 Å². The number of aryl methyl sites for hydroxylation is 1. The molecule has 2 heterocycles. The zero-order valence-electron chi connectivity index (χ0n) is 23.9. The van der Waals surface area contributed by atoms with Crippen molar-refractivity contribution in [3.8, 4) is 5.75 Å². The van der Waals surface area contributed by atoms with E-state index in [1.165, 1.54) is 12.1 Å². The molecule has 11 heteroatoms. The fourth-order valence-electron chi connectivity index (χ4n) is 5.55. The minimum absolute atomic E-state index is 0.0317. The standard InChI is InChI=1S/C30H37FN4O6/c1-5-20-6-11-24(31)23(16-20)27(38)32-26(19(2)3)28(39)34-14-12-30(13-15-34)29(40)33(4)18-35(30)21-7-9-22(10-8-21)41-17-25(36)37/h6-11,16,19,26H,5,12-15,17-18H2,1-4H3,(H,32,38)(H,36,37). The largest absolute Gasteiger partial charge is 0.482 e. The van der Waals surface area contributed by atoms with Crippen LogP contribution in [0.15, 0.2) is 42.5 Å². The summed E-state index contributed by atoms with van der Waals surface area (Å²) in [6.45, 7) is 6.12. The molecule has 1 spiro atoms. The van der Waals surface area contributed by atoms with Gasteiger partial charge in [-0.25, -0.2) is 9.18 Å². The second kappa shape index (κ2) is 12.2. The van der Waals surface area contributed by atoms with E-state index in [9.17, 15) is 23.6 Å². The molecule has 0 aliphatic carbocycles. The third kappa shape index (κ3) is 6.13. The minimum atomic E-state index is -1.07. The van der Waals surface area contributed by atoms with Gasteiger partial charge in [0.25, 0.3) is 5.91 Å². The number of rotatable bonds is 9. The van der Waals surface area contributed by atoms with E-state index in [1.807, 2.05) is 25.7 Å². The Hall–Kier alpha value is -4.15. The maximum atomic E-state index is 14.4. The summed E-state index contributed by atoms with van der Waals surface area (Å²) in [5, 5.41) is 11.6. The van der Waals surface area contributed by atoms with Gasteiger partial charge in [0.1, 0.15) is 23.1 Å². The Bertz CT molecular complexity index is 1310. The van der Waals surface area contributed by atoms with E-state index < -0.39 is 35.9 Å². The quantitative estimate of drug-likeness (QED) is 0.478. The minimum Gasteiger partial charge on any atom is -0.482 e. The van der Waals surface area contributed by atoms with Crippen molar-refractivity contribution in [1.29, 1.82) is 0 Å². The monoisotopic (exact) mass is 568 g/mol. The fraction of sp³-hybridized carbons (Fsp3) is 0.467. The first kappa shape index (κ1) is 29.8. The summed E-state index contributed by atoms with van der Waals surface area (Å²) in [4.78, 5) is 56.2. The topological polar surface area (TPSA) is 119 Å². The molecule has 2 aliphatic heterocycles. The van der Waals surface area contributed by atoms with Crippen molar-refractivity contribution in [1.82, 2.24) is 15.1 Å². The molecule has 2 fully saturated rings. The molecule has 3 amide bonds. The van der Waals surface area contributed by atoms with Crippen LogP contribution in [0.1, 0.15) is 49.5 Å². The average molecular weight is 569 g/mol. The molecule has 220 valence electrons. The molecule has 1 atom stereocenters. The van der Waals surface area contributed by atoms with Crippen LogP contribution in [-0.2, 0) is 20.8 Å². The number of nitrogens with zero attached hydrogens (tertiary/aromatic N) is 3. The van der Waals surface area contributed by atoms with Crippen LogP contribution in [0.2, 0.25) is 0 Å². The lowest BCUT2D eigenvalue weighted by atomic mass is 9.85. The van der Waals surface area contributed by atoms with Crippen LogP contribution >= 0.6 is 0 Å². The predicted octanol–water partition coefficient (Wildman–Crippen LogP) is 2.90. The van der Waals surface area contributed by atoms with Crippen LogP contribution in [0.3, 0.4) is 0 Å². The number of carboxylic acid groups (broad SMARTS) is 1. The molecule has 2 N–H and O–H groups in total. The first-order valence-electron chi connectivity index (χ1n) is 13.8. The maximum Gasteiger partial charge on any atom is 0.341 e. The van der Waals surface area contributed by atoms with Crippen molar-refractivity contribution in [2.24, 2.45) is 5.92 Å². The smallest absolute Gasteiger partial charge is 0.341 e. The van der Waals surface area contributed by atoms with Gasteiger partial charge in [-0.15, -0.1) is 0 Å². The predicted molar refractivity (Wildman–Crippen MR) is 150 cm³/mol. The van der Waals surface area contributed by atoms with Crippen LogP contribution in [0.4, 0.5) is 10.1 Å². The zero-order chi connectivity index (χ0) is 29.9. The molecule has 2 aliphatic rings. The number of carbonyl (C=O) groups excluding carboxylic acids is 3. The summed E-state index contributed by atoms with van der Waals surface area (Å²) in [5.74, 6) is -2.47. The van der Waals surface area contributed by atoms with Crippen LogP contribution in [0, 0.1) is 11.7 Å². The van der Waals surface area contributed by atoms with E-state index in [0.29, 0.717) is 44.8 Å². The Morgan fingerprint density at radius 1 is 1.10 bits per heavy atom. The first-order chi connectivity index (χ1) is 19.5. The van der Waals surface area contributed by atoms with Gasteiger partial charge < -0.3 is 29.9 Å². The van der Waals surface area contributed by atoms with Crippen LogP contribution in [0.5, 0.6) is 5.75 Å². The number of piperidine rings is 1. The summed E-state index contributed by atoms with van der Waals surface area (Å²) in [5.41, 5.74) is 0.683. The van der Waals surface area contributed by atoms with E-state index in [2.05, 4.69) is 5.32 Å². The summed E-state index contributed by atoms with van der Waals surface area (Å²) in [6, 6.07) is 10.5. The van der Waals surface area contributed by atoms with Gasteiger partial charge >= 0.3 is 5.97 Å². The average Bonchev–Trinajstić information content (AvgIpc) is 3.19. The number of carbonyl (C=O) groups is 4. The highest BCUT2D eigenvalue weighted by molar-refractivity contribution is 5.98. The van der Waals surface area contributed by atoms with Crippen molar-refractivity contribution < 1.29 is 33.4 Å². The van der Waals surface area contributed by atoms with Crippen LogP contribution < -0.4 is 15.0 Å². The van der Waals surface area contributed by atoms with Crippen LogP contribution in [-0.4, -0.2) is 83.6 Å². The van der Waals surface area contributed by atoms with Gasteiger partial charge in [-0.2, -0.15) is 0 Å². The number of hydrogen-bond donors (Lipinski definition) is 2. The Kier molecular flexibility index (Phi) is 8.84. The lowest BCUT2D eigenvalue weighted by Gasteiger charge is -2.44. The van der Waals surface area contributed by atoms with E-state index in [0.717, 1.165) is 11.3 Å². The number of likely N-dealkylation sites (tertiary alicyclic amines) is 1. The number of anilines is 1. The molecular weight excluding hydrogens is 531 g/mol. The van der Waals surface area contributed by atoms with Crippen molar-refractivity contribution in [3.05, 3.63) is 59.4 Å². The van der Waals surface area contributed by atoms with Gasteiger partial charge in [0.2, 0.25) is 11.8 Å². The number of likely N-dealkylation sites (N-methyl/N-ethyl adjacent to an activating group) is 1. The SMILES string of the molecule is CCc1ccc(F)c(C(=O)NC(C(=O)N2CCC3(CC2)C(=O)N(C)CN3c2ccc(OCC(=O)O)cc2)C(C)C)c1. The van der Waals surface area contributed by atoms with Gasteiger partial charge in [0, 0.05) is 25.8 Å². The van der Waals surface area contributed by atoms with Crippen molar-refractivity contribution >= 4 is 29.4 Å². The summed E-state index contributed by atoms with van der Waals surface area (Å²) < 4.78 is 19.7. The molecule has 2 saturated heterocycles. The molecule has 0 aromatic heterocycles. The molecule has 41 heavy (non-hydrogen) atoms. The number of amides is 3. The second-order valence-corrected chi connectivity index (χ2v) is 11.0. The third-order valence-corrected chi connectivity index (χ3v) is 7.93. The summed E-state index contributed by atoms with van der Waals surface area (Å²) in [7, 11) is 1.74. The van der Waals surface area contributed by atoms with Crippen molar-refractivity contribution in [2.75, 3.05) is 38.3 Å². The zero-order valence-corrected chi connectivity index (χ0v) is 23.9. The van der Waals surface area contributed by atoms with Gasteiger partial charge in [-0.3, -0.25) is 14.4 Å². The number of benzene rings is 2. The number of nitrogens with one attached hydrogen (secondary N) is 1. The molecule has 0 radical (unpaired) electrons. The summed E-state index contributed by atoms with van der Waals surface area (Å²) in [6.07, 6.45) is 1.44. The van der Waals surface area contributed by atoms with Gasteiger partial charge in [0.05, 0.1) is 12.2 Å². The molecule has 0 saturated carbocycles.